The predicted octanol–water partition coefficient (Wildman–Crippen LogP) is 0.507. The summed E-state index contributed by atoms with van der Waals surface area (Å²) in [6.45, 7) is 0.310. The van der Waals surface area contributed by atoms with Gasteiger partial charge in [0.1, 0.15) is 0 Å². The fourth-order valence-electron chi connectivity index (χ4n) is 1.65. The van der Waals surface area contributed by atoms with Gasteiger partial charge in [0.2, 0.25) is 0 Å². The molecule has 0 aromatic carbocycles. The molecule has 60 valence electrons. The van der Waals surface area contributed by atoms with Crippen molar-refractivity contribution < 1.29 is 5.11 Å². The van der Waals surface area contributed by atoms with Crippen molar-refractivity contribution in [3.05, 3.63) is 17.5 Å². The van der Waals surface area contributed by atoms with Crippen LogP contribution in [0.5, 0.6) is 0 Å². The molecule has 1 aliphatic carbocycles. The molecule has 0 spiro atoms. The zero-order valence-corrected chi connectivity index (χ0v) is 6.38. The topological polar surface area (TPSA) is 48.9 Å². The molecule has 1 aliphatic rings. The quantitative estimate of drug-likeness (QED) is 0.616. The Morgan fingerprint density at radius 3 is 3.45 bits per heavy atom. The van der Waals surface area contributed by atoms with Crippen LogP contribution in [-0.2, 0) is 12.8 Å². The molecular formula is C8H12N2O. The standard InChI is InChI=1S/C8H12N2O/c11-5-6-1-2-8-7(3-6)4-9-10-8/h4,6,11H,1-3,5H2,(H,9,10)/t6-/m0/s1. The molecule has 0 saturated carbocycles. The van der Waals surface area contributed by atoms with Crippen molar-refractivity contribution in [3.8, 4) is 0 Å². The van der Waals surface area contributed by atoms with Crippen LogP contribution in [0.3, 0.4) is 0 Å². The second-order valence-corrected chi connectivity index (χ2v) is 3.17. The molecule has 2 rings (SSSR count). The van der Waals surface area contributed by atoms with E-state index in [2.05, 4.69) is 10.2 Å². The molecule has 0 amide bonds. The van der Waals surface area contributed by atoms with Crippen LogP contribution < -0.4 is 0 Å². The number of aryl methyl sites for hydroxylation is 1. The maximum Gasteiger partial charge on any atom is 0.0522 e. The van der Waals surface area contributed by atoms with Gasteiger partial charge in [-0.25, -0.2) is 0 Å². The number of fused-ring (bicyclic) bond motifs is 1. The largest absolute Gasteiger partial charge is 0.396 e. The van der Waals surface area contributed by atoms with Gasteiger partial charge in [-0.2, -0.15) is 5.10 Å². The van der Waals surface area contributed by atoms with Crippen LogP contribution in [0.2, 0.25) is 0 Å². The zero-order chi connectivity index (χ0) is 7.68. The summed E-state index contributed by atoms with van der Waals surface area (Å²) >= 11 is 0. The predicted molar refractivity (Wildman–Crippen MR) is 41.2 cm³/mol. The molecule has 0 radical (unpaired) electrons. The number of aromatic nitrogens is 2. The molecule has 11 heavy (non-hydrogen) atoms. The van der Waals surface area contributed by atoms with Crippen molar-refractivity contribution in [2.75, 3.05) is 6.61 Å². The van der Waals surface area contributed by atoms with Crippen molar-refractivity contribution in [1.82, 2.24) is 10.2 Å². The van der Waals surface area contributed by atoms with Gasteiger partial charge in [-0.1, -0.05) is 0 Å². The zero-order valence-electron chi connectivity index (χ0n) is 6.38. The van der Waals surface area contributed by atoms with E-state index in [-0.39, 0.29) is 0 Å². The second-order valence-electron chi connectivity index (χ2n) is 3.17. The maximum absolute atomic E-state index is 8.92. The molecule has 3 nitrogen and oxygen atoms in total. The number of aliphatic hydroxyl groups is 1. The molecule has 1 aromatic heterocycles. The number of aliphatic hydroxyl groups excluding tert-OH is 1. The monoisotopic (exact) mass is 152 g/mol. The summed E-state index contributed by atoms with van der Waals surface area (Å²) in [4.78, 5) is 0. The van der Waals surface area contributed by atoms with E-state index in [1.807, 2.05) is 6.20 Å². The lowest BCUT2D eigenvalue weighted by Gasteiger charge is -2.18. The molecule has 1 atom stereocenters. The number of hydrogen-bond acceptors (Lipinski definition) is 2. The summed E-state index contributed by atoms with van der Waals surface area (Å²) in [6, 6.07) is 0. The van der Waals surface area contributed by atoms with E-state index in [1.54, 1.807) is 0 Å². The Hall–Kier alpha value is -0.830. The third kappa shape index (κ3) is 1.16. The highest BCUT2D eigenvalue weighted by molar-refractivity contribution is 5.19. The fraction of sp³-hybridized carbons (Fsp3) is 0.625. The van der Waals surface area contributed by atoms with Gasteiger partial charge in [0.15, 0.2) is 0 Å². The molecule has 1 heterocycles. The Morgan fingerprint density at radius 1 is 1.73 bits per heavy atom. The molecule has 3 heteroatoms. The lowest BCUT2D eigenvalue weighted by molar-refractivity contribution is 0.213. The molecular weight excluding hydrogens is 140 g/mol. The van der Waals surface area contributed by atoms with Crippen LogP contribution in [0.4, 0.5) is 0 Å². The summed E-state index contributed by atoms with van der Waals surface area (Å²) in [6.07, 6.45) is 4.99. The van der Waals surface area contributed by atoms with Gasteiger partial charge >= 0.3 is 0 Å². The first-order valence-electron chi connectivity index (χ1n) is 4.02. The average Bonchev–Trinajstić information content (AvgIpc) is 2.50. The Balaban J connectivity index is 2.18. The van der Waals surface area contributed by atoms with Crippen molar-refractivity contribution in [2.24, 2.45) is 5.92 Å². The van der Waals surface area contributed by atoms with E-state index < -0.39 is 0 Å². The van der Waals surface area contributed by atoms with Crippen LogP contribution in [0, 0.1) is 5.92 Å². The lowest BCUT2D eigenvalue weighted by Crippen LogP contribution is -2.16. The minimum Gasteiger partial charge on any atom is -0.396 e. The van der Waals surface area contributed by atoms with Crippen molar-refractivity contribution in [2.45, 2.75) is 19.3 Å². The molecule has 0 fully saturated rings. The van der Waals surface area contributed by atoms with E-state index >= 15 is 0 Å². The van der Waals surface area contributed by atoms with Crippen LogP contribution in [0.25, 0.3) is 0 Å². The minimum absolute atomic E-state index is 0.310. The summed E-state index contributed by atoms with van der Waals surface area (Å²) in [5.74, 6) is 0.458. The lowest BCUT2D eigenvalue weighted by atomic mass is 9.89. The number of nitrogens with zero attached hydrogens (tertiary/aromatic N) is 1. The van der Waals surface area contributed by atoms with Crippen LogP contribution in [-0.4, -0.2) is 21.9 Å². The van der Waals surface area contributed by atoms with E-state index in [4.69, 9.17) is 5.11 Å². The van der Waals surface area contributed by atoms with Crippen LogP contribution in [0.15, 0.2) is 6.20 Å². The van der Waals surface area contributed by atoms with Crippen molar-refractivity contribution in [3.63, 3.8) is 0 Å². The van der Waals surface area contributed by atoms with Crippen LogP contribution in [0.1, 0.15) is 17.7 Å². The number of rotatable bonds is 1. The number of hydrogen-bond donors (Lipinski definition) is 2. The summed E-state index contributed by atoms with van der Waals surface area (Å²) in [7, 11) is 0. The van der Waals surface area contributed by atoms with Gasteiger partial charge < -0.3 is 5.11 Å². The van der Waals surface area contributed by atoms with E-state index in [0.717, 1.165) is 19.3 Å². The minimum atomic E-state index is 0.310. The molecule has 1 aromatic rings. The number of H-pyrrole nitrogens is 1. The Morgan fingerprint density at radius 2 is 2.64 bits per heavy atom. The summed E-state index contributed by atoms with van der Waals surface area (Å²) in [5.41, 5.74) is 2.55. The normalized spacial score (nSPS) is 23.2. The third-order valence-corrected chi connectivity index (χ3v) is 2.38. The highest BCUT2D eigenvalue weighted by Gasteiger charge is 2.18. The van der Waals surface area contributed by atoms with Gasteiger partial charge in [0.25, 0.3) is 0 Å². The van der Waals surface area contributed by atoms with Gasteiger partial charge in [0, 0.05) is 12.3 Å². The summed E-state index contributed by atoms with van der Waals surface area (Å²) in [5, 5.41) is 15.9. The highest BCUT2D eigenvalue weighted by Crippen LogP contribution is 2.22. The second kappa shape index (κ2) is 2.66. The average molecular weight is 152 g/mol. The third-order valence-electron chi connectivity index (χ3n) is 2.38. The Bertz CT molecular complexity index is 244. The Kier molecular flexibility index (Phi) is 1.66. The van der Waals surface area contributed by atoms with Gasteiger partial charge in [-0.3, -0.25) is 5.10 Å². The van der Waals surface area contributed by atoms with E-state index in [9.17, 15) is 0 Å². The molecule has 2 N–H and O–H groups in total. The van der Waals surface area contributed by atoms with Crippen LogP contribution >= 0.6 is 0 Å². The van der Waals surface area contributed by atoms with Crippen molar-refractivity contribution >= 4 is 0 Å². The first-order valence-corrected chi connectivity index (χ1v) is 4.02. The fourth-order valence-corrected chi connectivity index (χ4v) is 1.65. The van der Waals surface area contributed by atoms with Gasteiger partial charge in [0.05, 0.1) is 6.20 Å². The maximum atomic E-state index is 8.92. The smallest absolute Gasteiger partial charge is 0.0522 e. The van der Waals surface area contributed by atoms with Crippen molar-refractivity contribution in [1.29, 1.82) is 0 Å². The van der Waals surface area contributed by atoms with E-state index in [1.165, 1.54) is 11.3 Å². The summed E-state index contributed by atoms with van der Waals surface area (Å²) < 4.78 is 0. The number of aromatic amines is 1. The molecule has 0 aliphatic heterocycles. The van der Waals surface area contributed by atoms with Gasteiger partial charge in [-0.05, 0) is 30.7 Å². The number of nitrogens with one attached hydrogen (secondary N) is 1. The SMILES string of the molecule is OC[C@H]1CCc2[nH]ncc2C1. The molecule has 0 bridgehead atoms. The Labute approximate surface area is 65.4 Å². The van der Waals surface area contributed by atoms with Gasteiger partial charge in [-0.15, -0.1) is 0 Å². The van der Waals surface area contributed by atoms with E-state index in [0.29, 0.717) is 12.5 Å². The first-order chi connectivity index (χ1) is 5.40. The first kappa shape index (κ1) is 6.85. The molecule has 0 saturated heterocycles. The molecule has 0 unspecified atom stereocenters. The highest BCUT2D eigenvalue weighted by atomic mass is 16.3.